The van der Waals surface area contributed by atoms with E-state index in [0.717, 1.165) is 5.56 Å². The number of aryl methyl sites for hydroxylation is 1. The van der Waals surface area contributed by atoms with Crippen molar-refractivity contribution in [2.75, 3.05) is 0 Å². The van der Waals surface area contributed by atoms with E-state index in [1.807, 2.05) is 12.1 Å². The first-order valence-electron chi connectivity index (χ1n) is 9.95. The number of hydrazone groups is 1. The second-order valence-electron chi connectivity index (χ2n) is 7.65. The molecule has 1 aliphatic heterocycles. The molecule has 1 aliphatic rings. The van der Waals surface area contributed by atoms with Crippen molar-refractivity contribution in [1.82, 2.24) is 10.1 Å². The highest BCUT2D eigenvalue weighted by atomic mass is 35.5. The highest BCUT2D eigenvalue weighted by molar-refractivity contribution is 7.89. The fourth-order valence-electron chi connectivity index (χ4n) is 3.75. The third-order valence-corrected chi connectivity index (χ3v) is 8.23. The monoisotopic (exact) mass is 541 g/mol. The normalized spacial score (nSPS) is 16.9. The van der Waals surface area contributed by atoms with Crippen LogP contribution in [0.15, 0.2) is 70.7 Å². The van der Waals surface area contributed by atoms with E-state index in [1.54, 1.807) is 55.5 Å². The predicted molar refractivity (Wildman–Crippen MR) is 135 cm³/mol. The van der Waals surface area contributed by atoms with Crippen LogP contribution in [0.25, 0.3) is 0 Å². The fraction of sp³-hybridized carbons (Fsp3) is 0.174. The maximum atomic E-state index is 13.4. The number of hydrogen-bond acceptors (Lipinski definition) is 4. The van der Waals surface area contributed by atoms with Crippen molar-refractivity contribution >= 4 is 62.1 Å². The largest absolute Gasteiger partial charge is 0.302 e. The Morgan fingerprint density at radius 3 is 2.33 bits per heavy atom. The van der Waals surface area contributed by atoms with Crippen LogP contribution in [0.4, 0.5) is 0 Å². The lowest BCUT2D eigenvalue weighted by Gasteiger charge is -2.22. The molecule has 2 N–H and O–H groups in total. The molecule has 0 spiro atoms. The second kappa shape index (κ2) is 9.82. The predicted octanol–water partition coefficient (Wildman–Crippen LogP) is 6.72. The van der Waals surface area contributed by atoms with E-state index in [0.29, 0.717) is 38.3 Å². The molecule has 0 fully saturated rings. The molecule has 4 rings (SSSR count). The summed E-state index contributed by atoms with van der Waals surface area (Å²) in [7, 11) is -4.02. The Balaban J connectivity index is 1.71. The summed E-state index contributed by atoms with van der Waals surface area (Å²) < 4.78 is 29.6. The minimum Gasteiger partial charge on any atom is -0.302 e. The molecule has 0 radical (unpaired) electrons. The third kappa shape index (κ3) is 5.32. The van der Waals surface area contributed by atoms with Crippen LogP contribution in [0.5, 0.6) is 0 Å². The number of sulfonamides is 1. The number of hydrogen-bond donors (Lipinski definition) is 2. The number of nitrogens with one attached hydrogen (secondary N) is 2. The molecule has 172 valence electrons. The molecule has 0 aliphatic carbocycles. The molecular formula is C23H19Cl4N3O2S. The number of benzene rings is 3. The van der Waals surface area contributed by atoms with Gasteiger partial charge in [-0.2, -0.15) is 9.82 Å². The molecule has 0 amide bonds. The maximum Gasteiger partial charge on any atom is 0.243 e. The molecule has 0 aromatic heterocycles. The van der Waals surface area contributed by atoms with Gasteiger partial charge in [0.15, 0.2) is 0 Å². The molecule has 5 nitrogen and oxygen atoms in total. The quantitative estimate of drug-likeness (QED) is 0.363. The van der Waals surface area contributed by atoms with Crippen LogP contribution in [0.1, 0.15) is 35.2 Å². The molecule has 0 saturated carbocycles. The number of nitrogens with zero attached hydrogens (tertiary/aromatic N) is 1. The molecule has 2 unspecified atom stereocenters. The van der Waals surface area contributed by atoms with Gasteiger partial charge >= 0.3 is 0 Å². The van der Waals surface area contributed by atoms with E-state index in [2.05, 4.69) is 15.2 Å². The zero-order chi connectivity index (χ0) is 23.8. The Hall–Kier alpha value is -1.80. The van der Waals surface area contributed by atoms with Crippen molar-refractivity contribution in [3.8, 4) is 0 Å². The van der Waals surface area contributed by atoms with Gasteiger partial charge in [-0.1, -0.05) is 76.7 Å². The topological polar surface area (TPSA) is 70.6 Å². The summed E-state index contributed by atoms with van der Waals surface area (Å²) in [6.45, 7) is 1.69. The summed E-state index contributed by atoms with van der Waals surface area (Å²) in [4.78, 5) is 0.0163. The molecule has 0 bridgehead atoms. The minimum atomic E-state index is -4.02. The third-order valence-electron chi connectivity index (χ3n) is 5.36. The van der Waals surface area contributed by atoms with Crippen molar-refractivity contribution in [1.29, 1.82) is 0 Å². The lowest BCUT2D eigenvalue weighted by atomic mass is 9.96. The van der Waals surface area contributed by atoms with E-state index < -0.39 is 16.1 Å². The van der Waals surface area contributed by atoms with Crippen molar-refractivity contribution < 1.29 is 8.42 Å². The first-order valence-corrected chi connectivity index (χ1v) is 12.9. The van der Waals surface area contributed by atoms with Gasteiger partial charge in [-0.15, -0.1) is 0 Å². The summed E-state index contributed by atoms with van der Waals surface area (Å²) in [5.41, 5.74) is 5.70. The minimum absolute atomic E-state index is 0.0163. The Morgan fingerprint density at radius 2 is 1.67 bits per heavy atom. The van der Waals surface area contributed by atoms with Crippen molar-refractivity contribution in [3.05, 3.63) is 97.4 Å². The van der Waals surface area contributed by atoms with Gasteiger partial charge in [-0.3, -0.25) is 0 Å². The van der Waals surface area contributed by atoms with E-state index in [4.69, 9.17) is 46.4 Å². The summed E-state index contributed by atoms with van der Waals surface area (Å²) in [5.74, 6) is 0. The summed E-state index contributed by atoms with van der Waals surface area (Å²) in [5, 5.41) is 5.99. The van der Waals surface area contributed by atoms with Crippen LogP contribution in [0, 0.1) is 6.92 Å². The van der Waals surface area contributed by atoms with Gasteiger partial charge in [-0.05, 0) is 53.9 Å². The van der Waals surface area contributed by atoms with Crippen molar-refractivity contribution in [2.24, 2.45) is 5.10 Å². The van der Waals surface area contributed by atoms with Crippen LogP contribution in [-0.4, -0.2) is 14.1 Å². The smallest absolute Gasteiger partial charge is 0.243 e. The first kappa shape index (κ1) is 24.3. The van der Waals surface area contributed by atoms with Gasteiger partial charge in [0.05, 0.1) is 22.8 Å². The summed E-state index contributed by atoms with van der Waals surface area (Å²) in [6, 6.07) is 16.3. The van der Waals surface area contributed by atoms with Crippen LogP contribution < -0.4 is 10.1 Å². The highest BCUT2D eigenvalue weighted by Crippen LogP contribution is 2.34. The fourth-order valence-corrected chi connectivity index (χ4v) is 6.43. The van der Waals surface area contributed by atoms with Crippen LogP contribution in [-0.2, 0) is 10.0 Å². The maximum absolute atomic E-state index is 13.4. The molecule has 3 aromatic carbocycles. The molecular weight excluding hydrogens is 524 g/mol. The Morgan fingerprint density at radius 1 is 0.970 bits per heavy atom. The molecule has 1 heterocycles. The van der Waals surface area contributed by atoms with Gasteiger partial charge in [0.1, 0.15) is 4.90 Å². The zero-order valence-corrected chi connectivity index (χ0v) is 21.2. The zero-order valence-electron chi connectivity index (χ0n) is 17.3. The SMILES string of the molecule is Cc1cccc(Cl)c1S(=O)(=O)NC(C1=NNC(c2ccc(Cl)cc2)C1)c1ccc(Cl)cc1Cl. The van der Waals surface area contributed by atoms with Gasteiger partial charge < -0.3 is 5.43 Å². The summed E-state index contributed by atoms with van der Waals surface area (Å²) >= 11 is 24.8. The standard InChI is InChI=1S/C23H19Cl4N3O2S/c1-13-3-2-4-18(26)23(13)33(31,32)30-22(17-10-9-16(25)11-19(17)27)21-12-20(28-29-21)14-5-7-15(24)8-6-14/h2-11,20,22,28,30H,12H2,1H3. The lowest BCUT2D eigenvalue weighted by Crippen LogP contribution is -2.34. The Kier molecular flexibility index (Phi) is 7.24. The van der Waals surface area contributed by atoms with Gasteiger partial charge in [0.2, 0.25) is 10.0 Å². The van der Waals surface area contributed by atoms with Crippen LogP contribution in [0.2, 0.25) is 20.1 Å². The van der Waals surface area contributed by atoms with E-state index in [-0.39, 0.29) is 16.0 Å². The molecule has 0 saturated heterocycles. The van der Waals surface area contributed by atoms with Crippen LogP contribution in [0.3, 0.4) is 0 Å². The first-order chi connectivity index (χ1) is 15.7. The number of rotatable bonds is 6. The van der Waals surface area contributed by atoms with E-state index >= 15 is 0 Å². The number of halogens is 4. The molecule has 3 aromatic rings. The lowest BCUT2D eigenvalue weighted by molar-refractivity contribution is 0.576. The second-order valence-corrected chi connectivity index (χ2v) is 11.0. The van der Waals surface area contributed by atoms with E-state index in [9.17, 15) is 8.42 Å². The van der Waals surface area contributed by atoms with Gasteiger partial charge in [0.25, 0.3) is 0 Å². The van der Waals surface area contributed by atoms with E-state index in [1.165, 1.54) is 0 Å². The molecule has 2 atom stereocenters. The Labute approximate surface area is 212 Å². The average Bonchev–Trinajstić information content (AvgIpc) is 3.23. The summed E-state index contributed by atoms with van der Waals surface area (Å²) in [6.07, 6.45) is 0.454. The molecule has 33 heavy (non-hydrogen) atoms. The molecule has 10 heteroatoms. The Bertz CT molecular complexity index is 1310. The van der Waals surface area contributed by atoms with Crippen molar-refractivity contribution in [3.63, 3.8) is 0 Å². The van der Waals surface area contributed by atoms with Crippen LogP contribution >= 0.6 is 46.4 Å². The average molecular weight is 543 g/mol. The van der Waals surface area contributed by atoms with Crippen molar-refractivity contribution in [2.45, 2.75) is 30.3 Å². The highest BCUT2D eigenvalue weighted by Gasteiger charge is 2.33. The van der Waals surface area contributed by atoms with Gasteiger partial charge in [-0.25, -0.2) is 8.42 Å². The van der Waals surface area contributed by atoms with Gasteiger partial charge in [0, 0.05) is 21.5 Å².